The van der Waals surface area contributed by atoms with E-state index in [9.17, 15) is 9.59 Å². The topological polar surface area (TPSA) is 126 Å². The normalized spacial score (nSPS) is 23.0. The Hall–Kier alpha value is -1.03. The molecular weight excluding hydrogens is 388 g/mol. The number of thioether (sulfide) groups is 1. The molecule has 7 N–H and O–H groups in total. The van der Waals surface area contributed by atoms with Gasteiger partial charge in [0.25, 0.3) is 0 Å². The highest BCUT2D eigenvalue weighted by Crippen LogP contribution is 2.33. The van der Waals surface area contributed by atoms with Crippen LogP contribution in [0.15, 0.2) is 0 Å². The van der Waals surface area contributed by atoms with Crippen molar-refractivity contribution in [2.45, 2.75) is 68.7 Å². The highest BCUT2D eigenvalue weighted by molar-refractivity contribution is 8.00. The van der Waals surface area contributed by atoms with E-state index in [4.69, 9.17) is 11.5 Å². The zero-order valence-corrected chi connectivity index (χ0v) is 18.5. The number of unbranched alkanes of at least 4 members (excludes halogenated alkanes) is 2. The predicted molar refractivity (Wildman–Crippen MR) is 120 cm³/mol. The Morgan fingerprint density at radius 2 is 1.79 bits per heavy atom. The second-order valence-corrected chi connectivity index (χ2v) is 9.26. The summed E-state index contributed by atoms with van der Waals surface area (Å²) in [6.07, 6.45) is 7.54. The molecule has 0 aromatic carbocycles. The second-order valence-electron chi connectivity index (χ2n) is 7.99. The van der Waals surface area contributed by atoms with Crippen molar-refractivity contribution in [3.63, 3.8) is 0 Å². The first kappa shape index (κ1) is 24.2. The molecule has 0 aliphatic carbocycles. The van der Waals surface area contributed by atoms with Gasteiger partial charge in [0.1, 0.15) is 0 Å². The first-order valence-electron chi connectivity index (χ1n) is 11.2. The van der Waals surface area contributed by atoms with Gasteiger partial charge in [-0.3, -0.25) is 4.79 Å². The summed E-state index contributed by atoms with van der Waals surface area (Å²) in [5.41, 5.74) is 11.1. The van der Waals surface area contributed by atoms with E-state index in [0.29, 0.717) is 18.2 Å². The van der Waals surface area contributed by atoms with Gasteiger partial charge in [0, 0.05) is 30.5 Å². The number of urea groups is 1. The molecule has 2 aliphatic rings. The third-order valence-electron chi connectivity index (χ3n) is 5.64. The molecule has 0 aromatic heterocycles. The van der Waals surface area contributed by atoms with Gasteiger partial charge in [0.05, 0.1) is 12.1 Å². The predicted octanol–water partition coefficient (Wildman–Crippen LogP) is 0.608. The van der Waals surface area contributed by atoms with Gasteiger partial charge >= 0.3 is 6.03 Å². The van der Waals surface area contributed by atoms with Gasteiger partial charge < -0.3 is 32.3 Å². The van der Waals surface area contributed by atoms with E-state index in [1.807, 2.05) is 16.7 Å². The molecule has 9 heteroatoms. The molecular formula is C20H40N6O2S. The summed E-state index contributed by atoms with van der Waals surface area (Å²) in [7, 11) is 0. The molecule has 0 saturated carbocycles. The van der Waals surface area contributed by atoms with Crippen molar-refractivity contribution < 1.29 is 9.59 Å². The lowest BCUT2D eigenvalue weighted by Crippen LogP contribution is -2.36. The minimum Gasteiger partial charge on any atom is -0.343 e. The lowest BCUT2D eigenvalue weighted by Gasteiger charge is -2.23. The number of rotatable bonds is 16. The molecule has 0 bridgehead atoms. The number of nitrogens with two attached hydrogens (primary N) is 2. The first-order valence-corrected chi connectivity index (χ1v) is 12.3. The van der Waals surface area contributed by atoms with Crippen LogP contribution >= 0.6 is 11.8 Å². The highest BCUT2D eigenvalue weighted by Gasteiger charge is 2.42. The van der Waals surface area contributed by atoms with Gasteiger partial charge in [-0.15, -0.1) is 0 Å². The summed E-state index contributed by atoms with van der Waals surface area (Å²) in [6, 6.07) is 0.490. The first-order chi connectivity index (χ1) is 14.2. The SMILES string of the molecule is NCCCNCCCCN(CCCN)C(=O)CCCC[C@@H]1SC[C@@H]2NC(=O)N[C@@H]21. The Labute approximate surface area is 179 Å². The van der Waals surface area contributed by atoms with Crippen LogP contribution in [0, 0.1) is 0 Å². The lowest BCUT2D eigenvalue weighted by atomic mass is 10.0. The molecule has 2 saturated heterocycles. The molecule has 168 valence electrons. The van der Waals surface area contributed by atoms with Crippen molar-refractivity contribution in [2.75, 3.05) is 45.0 Å². The van der Waals surface area contributed by atoms with Crippen LogP contribution in [-0.2, 0) is 4.79 Å². The average Bonchev–Trinajstić information content (AvgIpc) is 3.26. The molecule has 0 unspecified atom stereocenters. The number of amides is 3. The smallest absolute Gasteiger partial charge is 0.315 e. The number of nitrogens with one attached hydrogen (secondary N) is 3. The number of carbonyl (C=O) groups is 2. The van der Waals surface area contributed by atoms with Crippen molar-refractivity contribution in [3.8, 4) is 0 Å². The van der Waals surface area contributed by atoms with Crippen LogP contribution in [0.5, 0.6) is 0 Å². The number of fused-ring (bicyclic) bond motifs is 1. The maximum Gasteiger partial charge on any atom is 0.315 e. The number of carbonyl (C=O) groups excluding carboxylic acids is 2. The van der Waals surface area contributed by atoms with Crippen molar-refractivity contribution in [3.05, 3.63) is 0 Å². The van der Waals surface area contributed by atoms with Gasteiger partial charge in [-0.2, -0.15) is 11.8 Å². The number of nitrogens with zero attached hydrogens (tertiary/aromatic N) is 1. The van der Waals surface area contributed by atoms with Crippen LogP contribution in [0.2, 0.25) is 0 Å². The molecule has 3 atom stereocenters. The third-order valence-corrected chi connectivity index (χ3v) is 7.15. The van der Waals surface area contributed by atoms with Crippen LogP contribution < -0.4 is 27.4 Å². The summed E-state index contributed by atoms with van der Waals surface area (Å²) in [4.78, 5) is 26.1. The van der Waals surface area contributed by atoms with Crippen molar-refractivity contribution >= 4 is 23.7 Å². The lowest BCUT2D eigenvalue weighted by molar-refractivity contribution is -0.131. The largest absolute Gasteiger partial charge is 0.343 e. The summed E-state index contributed by atoms with van der Waals surface area (Å²) < 4.78 is 0. The molecule has 29 heavy (non-hydrogen) atoms. The van der Waals surface area contributed by atoms with Crippen molar-refractivity contribution in [1.82, 2.24) is 20.9 Å². The number of hydrogen-bond acceptors (Lipinski definition) is 6. The van der Waals surface area contributed by atoms with Gasteiger partial charge in [0.2, 0.25) is 5.91 Å². The molecule has 0 aromatic rings. The Morgan fingerprint density at radius 1 is 1.03 bits per heavy atom. The summed E-state index contributed by atoms with van der Waals surface area (Å²) in [5.74, 6) is 1.24. The van der Waals surface area contributed by atoms with E-state index in [1.165, 1.54) is 0 Å². The fraction of sp³-hybridized carbons (Fsp3) is 0.900. The maximum atomic E-state index is 12.7. The van der Waals surface area contributed by atoms with Gasteiger partial charge in [-0.1, -0.05) is 6.42 Å². The summed E-state index contributed by atoms with van der Waals surface area (Å²) in [6.45, 7) is 4.86. The molecule has 2 heterocycles. The molecule has 0 radical (unpaired) electrons. The van der Waals surface area contributed by atoms with Crippen LogP contribution in [0.25, 0.3) is 0 Å². The molecule has 2 fully saturated rings. The van der Waals surface area contributed by atoms with E-state index < -0.39 is 0 Å². The Balaban J connectivity index is 1.59. The Bertz CT molecular complexity index is 496. The van der Waals surface area contributed by atoms with Crippen molar-refractivity contribution in [2.24, 2.45) is 11.5 Å². The van der Waals surface area contributed by atoms with E-state index in [0.717, 1.165) is 83.4 Å². The monoisotopic (exact) mass is 428 g/mol. The van der Waals surface area contributed by atoms with E-state index in [2.05, 4.69) is 16.0 Å². The van der Waals surface area contributed by atoms with E-state index >= 15 is 0 Å². The molecule has 8 nitrogen and oxygen atoms in total. The zero-order valence-electron chi connectivity index (χ0n) is 17.7. The average molecular weight is 429 g/mol. The number of hydrogen-bond donors (Lipinski definition) is 5. The van der Waals surface area contributed by atoms with Gasteiger partial charge in [-0.05, 0) is 64.7 Å². The van der Waals surface area contributed by atoms with E-state index in [-0.39, 0.29) is 24.0 Å². The summed E-state index contributed by atoms with van der Waals surface area (Å²) >= 11 is 1.93. The van der Waals surface area contributed by atoms with Crippen LogP contribution in [0.3, 0.4) is 0 Å². The maximum absolute atomic E-state index is 12.7. The van der Waals surface area contributed by atoms with Gasteiger partial charge in [0.15, 0.2) is 0 Å². The summed E-state index contributed by atoms with van der Waals surface area (Å²) in [5, 5.41) is 9.86. The molecule has 2 rings (SSSR count). The standard InChI is InChI=1S/C20H40N6O2S/c21-9-5-12-23-11-3-4-13-26(14-6-10-22)18(27)8-2-1-7-17-19-16(15-29-17)24-20(28)25-19/h16-17,19,23H,1-15,21-22H2,(H2,24,25,28)/t16-,17-,19-/m0/s1. The zero-order chi connectivity index (χ0) is 20.9. The minimum atomic E-state index is -0.0365. The quantitative estimate of drug-likeness (QED) is 0.181. The fourth-order valence-corrected chi connectivity index (χ4v) is 5.51. The Kier molecular flexibility index (Phi) is 11.8. The van der Waals surface area contributed by atoms with Crippen LogP contribution in [0.1, 0.15) is 51.4 Å². The molecule has 3 amide bonds. The second kappa shape index (κ2) is 14.1. The van der Waals surface area contributed by atoms with E-state index in [1.54, 1.807) is 0 Å². The highest BCUT2D eigenvalue weighted by atomic mass is 32.2. The van der Waals surface area contributed by atoms with Crippen LogP contribution in [-0.4, -0.2) is 79.2 Å². The molecule has 2 aliphatic heterocycles. The van der Waals surface area contributed by atoms with Crippen LogP contribution in [0.4, 0.5) is 4.79 Å². The van der Waals surface area contributed by atoms with Crippen molar-refractivity contribution in [1.29, 1.82) is 0 Å². The minimum absolute atomic E-state index is 0.0365. The Morgan fingerprint density at radius 3 is 2.59 bits per heavy atom. The fourth-order valence-electron chi connectivity index (χ4n) is 3.97. The molecule has 0 spiro atoms. The van der Waals surface area contributed by atoms with Gasteiger partial charge in [-0.25, -0.2) is 4.79 Å². The third kappa shape index (κ3) is 8.70.